The first kappa shape index (κ1) is 43.4. The Morgan fingerprint density at radius 1 is 0.947 bits per heavy atom. The van der Waals surface area contributed by atoms with Gasteiger partial charge in [0.2, 0.25) is 0 Å². The van der Waals surface area contributed by atoms with Crippen molar-refractivity contribution in [1.29, 1.82) is 0 Å². The Bertz CT molecular complexity index is 2090. The Labute approximate surface area is 342 Å². The quantitative estimate of drug-likeness (QED) is 0.0779. The molecule has 11 nitrogen and oxygen atoms in total. The van der Waals surface area contributed by atoms with E-state index in [1.165, 1.54) is 47.0 Å². The largest absolute Gasteiger partial charge is 0.508 e. The number of hydrogen-bond acceptors (Lipinski definition) is 8. The number of carbonyl (C=O) groups is 2. The maximum absolute atomic E-state index is 12.0. The molecular weight excluding hydrogens is 771 g/mol. The molecule has 6 N–H and O–H groups in total. The second-order valence-corrected chi connectivity index (χ2v) is 16.9. The van der Waals surface area contributed by atoms with Crippen LogP contribution >= 0.6 is 23.2 Å². The highest BCUT2D eigenvalue weighted by Gasteiger charge is 2.57. The second kappa shape index (κ2) is 18.3. The smallest absolute Gasteiger partial charge is 0.310 e. The summed E-state index contributed by atoms with van der Waals surface area (Å²) in [5.74, 6) is 0.443. The molecule has 1 amide bonds. The van der Waals surface area contributed by atoms with Crippen molar-refractivity contribution in [3.63, 3.8) is 0 Å². The molecule has 7 rings (SSSR count). The van der Waals surface area contributed by atoms with Crippen molar-refractivity contribution in [3.8, 4) is 11.5 Å². The number of aliphatic hydroxyl groups is 2. The van der Waals surface area contributed by atoms with Gasteiger partial charge in [0.05, 0.1) is 39.3 Å². The van der Waals surface area contributed by atoms with Gasteiger partial charge < -0.3 is 30.8 Å². The van der Waals surface area contributed by atoms with Crippen LogP contribution in [0.3, 0.4) is 0 Å². The van der Waals surface area contributed by atoms with Crippen molar-refractivity contribution in [2.24, 2.45) is 23.2 Å². The van der Waals surface area contributed by atoms with Gasteiger partial charge in [-0.3, -0.25) is 19.7 Å². The number of aliphatic hydroxyl groups excluding tert-OH is 2. The van der Waals surface area contributed by atoms with E-state index in [4.69, 9.17) is 28.3 Å². The Morgan fingerprint density at radius 2 is 1.65 bits per heavy atom. The number of carboxylic acid groups (broad SMARTS) is 1. The predicted molar refractivity (Wildman–Crippen MR) is 220 cm³/mol. The molecule has 2 saturated carbocycles. The third-order valence-corrected chi connectivity index (χ3v) is 12.3. The van der Waals surface area contributed by atoms with Crippen LogP contribution in [0.1, 0.15) is 97.8 Å². The molecule has 2 fully saturated rings. The third kappa shape index (κ3) is 10.1. The number of non-ortho nitro benzene ring substituents is 1. The summed E-state index contributed by atoms with van der Waals surface area (Å²) in [4.78, 5) is 32.8. The SMILES string of the molecule is CC(C)Cc1ccc(C(C)C(=O)O)cc1.C[C@]12CC[C@@H]3c4ccc(O)cc4CC[C@H]3[C@@H]1C[C@@H](O)[C@@H]2O.O=C(Nc1ccc([N+](=O)[O-])cc1Cl)c1cc(Cl)ccc1O. The Balaban J connectivity index is 0.000000166. The summed E-state index contributed by atoms with van der Waals surface area (Å²) in [5.41, 5.74) is 4.67. The lowest BCUT2D eigenvalue weighted by Crippen LogP contribution is -2.44. The zero-order chi connectivity index (χ0) is 41.8. The number of carboxylic acids is 1. The first-order valence-corrected chi connectivity index (χ1v) is 19.9. The summed E-state index contributed by atoms with van der Waals surface area (Å²) in [6.07, 6.45) is 4.85. The van der Waals surface area contributed by atoms with Crippen molar-refractivity contribution in [1.82, 2.24) is 0 Å². The number of phenolic OH excluding ortho intramolecular Hbond substituents is 2. The van der Waals surface area contributed by atoms with E-state index in [1.807, 2.05) is 30.3 Å². The number of halogens is 2. The first-order chi connectivity index (χ1) is 26.9. The summed E-state index contributed by atoms with van der Waals surface area (Å²) in [7, 11) is 0. The number of hydrogen-bond donors (Lipinski definition) is 6. The summed E-state index contributed by atoms with van der Waals surface area (Å²) < 4.78 is 0. The van der Waals surface area contributed by atoms with Gasteiger partial charge in [-0.25, -0.2) is 0 Å². The molecule has 0 radical (unpaired) electrons. The number of benzene rings is 4. The minimum absolute atomic E-state index is 0.0130. The van der Waals surface area contributed by atoms with Crippen LogP contribution in [0.25, 0.3) is 0 Å². The Morgan fingerprint density at radius 3 is 2.28 bits per heavy atom. The summed E-state index contributed by atoms with van der Waals surface area (Å²) in [5, 5.41) is 62.0. The van der Waals surface area contributed by atoms with Gasteiger partial charge in [0.1, 0.15) is 11.5 Å². The van der Waals surface area contributed by atoms with Crippen LogP contribution in [0.4, 0.5) is 11.4 Å². The van der Waals surface area contributed by atoms with E-state index < -0.39 is 34.9 Å². The van der Waals surface area contributed by atoms with Gasteiger partial charge in [-0.1, -0.05) is 74.3 Å². The fourth-order valence-corrected chi connectivity index (χ4v) is 9.11. The van der Waals surface area contributed by atoms with Crippen LogP contribution in [-0.4, -0.2) is 54.5 Å². The van der Waals surface area contributed by atoms with Gasteiger partial charge in [0.15, 0.2) is 0 Å². The number of nitro benzene ring substituents is 1. The van der Waals surface area contributed by atoms with E-state index >= 15 is 0 Å². The van der Waals surface area contributed by atoms with E-state index in [2.05, 4.69) is 32.2 Å². The number of aliphatic carboxylic acids is 1. The van der Waals surface area contributed by atoms with Gasteiger partial charge >= 0.3 is 5.97 Å². The van der Waals surface area contributed by atoms with E-state index in [-0.39, 0.29) is 38.1 Å². The van der Waals surface area contributed by atoms with Crippen LogP contribution in [-0.2, 0) is 17.6 Å². The molecule has 0 heterocycles. The highest BCUT2D eigenvalue weighted by molar-refractivity contribution is 6.34. The molecule has 7 atom stereocenters. The van der Waals surface area contributed by atoms with Crippen molar-refractivity contribution in [2.45, 2.75) is 90.3 Å². The van der Waals surface area contributed by atoms with E-state index in [9.17, 15) is 40.1 Å². The van der Waals surface area contributed by atoms with Crippen LogP contribution in [0.5, 0.6) is 11.5 Å². The van der Waals surface area contributed by atoms with Crippen LogP contribution in [0.2, 0.25) is 10.0 Å². The maximum atomic E-state index is 12.0. The average molecular weight is 822 g/mol. The third-order valence-electron chi connectivity index (χ3n) is 11.8. The van der Waals surface area contributed by atoms with Crippen LogP contribution in [0.15, 0.2) is 78.9 Å². The normalized spacial score (nSPS) is 23.6. The molecule has 13 heteroatoms. The van der Waals surface area contributed by atoms with Gasteiger partial charge in [-0.05, 0) is 133 Å². The topological polar surface area (TPSA) is 190 Å². The number of aromatic hydroxyl groups is 2. The molecule has 1 unspecified atom stereocenters. The highest BCUT2D eigenvalue weighted by atomic mass is 35.5. The second-order valence-electron chi connectivity index (χ2n) is 16.0. The highest BCUT2D eigenvalue weighted by Crippen LogP contribution is 2.61. The van der Waals surface area contributed by atoms with Gasteiger partial charge in [0, 0.05) is 17.2 Å². The minimum atomic E-state index is -0.772. The van der Waals surface area contributed by atoms with E-state index in [1.54, 1.807) is 13.0 Å². The molecule has 0 spiro atoms. The standard InChI is InChI=1S/C18H24O3.C13H8Cl2N2O4.C13H18O2/c1-18-7-6-13-12-5-3-11(19)8-10(12)2-4-14(13)15(18)9-16(20)17(18)21;14-7-1-4-12(18)9(5-7)13(19)16-11-3-2-8(17(20)21)6-10(11)15;1-9(2)8-11-4-6-12(7-5-11)10(3)13(14)15/h3,5,8,13-17,19-21H,2,4,6-7,9H2,1H3;1-6,18H,(H,16,19);4-7,9-10H,8H2,1-3H3,(H,14,15)/t13-,14-,15+,16-,17+,18+;;/m1../s1. The molecular formula is C44H50Cl2N2O9. The molecule has 3 aliphatic carbocycles. The lowest BCUT2D eigenvalue weighted by molar-refractivity contribution is -0.384. The number of nitro groups is 1. The first-order valence-electron chi connectivity index (χ1n) is 19.1. The number of amides is 1. The lowest BCUT2D eigenvalue weighted by Gasteiger charge is -2.49. The summed E-state index contributed by atoms with van der Waals surface area (Å²) >= 11 is 11.6. The van der Waals surface area contributed by atoms with Crippen LogP contribution in [0, 0.1) is 33.3 Å². The minimum Gasteiger partial charge on any atom is -0.508 e. The number of nitrogens with one attached hydrogen (secondary N) is 1. The van der Waals surface area contributed by atoms with Crippen molar-refractivity contribution in [2.75, 3.05) is 5.32 Å². The predicted octanol–water partition coefficient (Wildman–Crippen LogP) is 9.51. The number of rotatable bonds is 7. The number of anilines is 1. The van der Waals surface area contributed by atoms with E-state index in [0.29, 0.717) is 29.4 Å². The van der Waals surface area contributed by atoms with Gasteiger partial charge in [0.25, 0.3) is 11.6 Å². The Kier molecular flexibility index (Phi) is 13.9. The summed E-state index contributed by atoms with van der Waals surface area (Å²) in [6.45, 7) is 8.22. The van der Waals surface area contributed by atoms with Crippen molar-refractivity contribution >= 4 is 46.5 Å². The van der Waals surface area contributed by atoms with Crippen molar-refractivity contribution < 1.29 is 40.0 Å². The molecule has 0 aromatic heterocycles. The van der Waals surface area contributed by atoms with E-state index in [0.717, 1.165) is 50.2 Å². The summed E-state index contributed by atoms with van der Waals surface area (Å²) in [6, 6.07) is 21.3. The fourth-order valence-electron chi connectivity index (χ4n) is 8.71. The fraction of sp³-hybridized carbons (Fsp3) is 0.409. The number of carbonyl (C=O) groups excluding carboxylic acids is 1. The number of nitrogens with zero attached hydrogens (tertiary/aromatic N) is 1. The molecule has 3 aliphatic rings. The number of aryl methyl sites for hydroxylation is 1. The molecule has 4 aromatic carbocycles. The number of fused-ring (bicyclic) bond motifs is 5. The number of phenols is 2. The van der Waals surface area contributed by atoms with Crippen LogP contribution < -0.4 is 5.32 Å². The molecule has 0 bridgehead atoms. The molecule has 4 aromatic rings. The van der Waals surface area contributed by atoms with Crippen molar-refractivity contribution in [3.05, 3.63) is 127 Å². The molecule has 57 heavy (non-hydrogen) atoms. The zero-order valence-corrected chi connectivity index (χ0v) is 33.9. The molecule has 304 valence electrons. The zero-order valence-electron chi connectivity index (χ0n) is 32.4. The van der Waals surface area contributed by atoms with Gasteiger partial charge in [-0.2, -0.15) is 0 Å². The molecule has 0 aliphatic heterocycles. The average Bonchev–Trinajstić information content (AvgIpc) is 3.40. The monoisotopic (exact) mass is 820 g/mol. The van der Waals surface area contributed by atoms with Gasteiger partial charge in [-0.15, -0.1) is 0 Å². The Hall–Kier alpha value is -4.68. The molecule has 0 saturated heterocycles. The maximum Gasteiger partial charge on any atom is 0.310 e. The lowest BCUT2D eigenvalue weighted by atomic mass is 9.55.